The lowest BCUT2D eigenvalue weighted by Gasteiger charge is -2.26. The SMILES string of the molecule is Cc1ccc(S(=O)(=O)NCC2(O)CCOC2C)c(N)c1. The molecule has 1 aromatic rings. The molecule has 0 aliphatic carbocycles. The molecular weight excluding hydrogens is 280 g/mol. The van der Waals surface area contributed by atoms with E-state index < -0.39 is 21.7 Å². The summed E-state index contributed by atoms with van der Waals surface area (Å²) in [7, 11) is -3.75. The molecule has 0 bridgehead atoms. The van der Waals surface area contributed by atoms with Gasteiger partial charge >= 0.3 is 0 Å². The van der Waals surface area contributed by atoms with Crippen LogP contribution in [-0.2, 0) is 14.8 Å². The van der Waals surface area contributed by atoms with Gasteiger partial charge in [-0.25, -0.2) is 13.1 Å². The van der Waals surface area contributed by atoms with Crippen molar-refractivity contribution < 1.29 is 18.3 Å². The van der Waals surface area contributed by atoms with Gasteiger partial charge in [0.15, 0.2) is 0 Å². The molecule has 1 aliphatic heterocycles. The number of rotatable bonds is 4. The second kappa shape index (κ2) is 5.33. The van der Waals surface area contributed by atoms with E-state index in [-0.39, 0.29) is 17.1 Å². The molecule has 0 radical (unpaired) electrons. The Kier molecular flexibility index (Phi) is 4.06. The Bertz CT molecular complexity index is 602. The number of benzene rings is 1. The van der Waals surface area contributed by atoms with E-state index in [0.29, 0.717) is 13.0 Å². The second-order valence-electron chi connectivity index (χ2n) is 5.23. The number of hydrogen-bond donors (Lipinski definition) is 3. The number of sulfonamides is 1. The molecule has 1 aliphatic rings. The highest BCUT2D eigenvalue weighted by Gasteiger charge is 2.40. The molecule has 1 fully saturated rings. The van der Waals surface area contributed by atoms with Crippen LogP contribution in [0.25, 0.3) is 0 Å². The van der Waals surface area contributed by atoms with Gasteiger partial charge in [0.2, 0.25) is 10.0 Å². The summed E-state index contributed by atoms with van der Waals surface area (Å²) in [6, 6.07) is 4.75. The average Bonchev–Trinajstić information content (AvgIpc) is 2.68. The Balaban J connectivity index is 2.15. The topological polar surface area (TPSA) is 102 Å². The quantitative estimate of drug-likeness (QED) is 0.698. The van der Waals surface area contributed by atoms with Crippen LogP contribution < -0.4 is 10.5 Å². The van der Waals surface area contributed by atoms with Gasteiger partial charge in [-0.15, -0.1) is 0 Å². The molecule has 0 spiro atoms. The smallest absolute Gasteiger partial charge is 0.242 e. The molecule has 1 saturated heterocycles. The fourth-order valence-corrected chi connectivity index (χ4v) is 3.43. The Morgan fingerprint density at radius 2 is 2.25 bits per heavy atom. The van der Waals surface area contributed by atoms with Crippen LogP contribution in [0, 0.1) is 6.92 Å². The first-order valence-corrected chi connectivity index (χ1v) is 7.93. The number of nitrogens with one attached hydrogen (secondary N) is 1. The number of anilines is 1. The first kappa shape index (κ1) is 15.2. The fourth-order valence-electron chi connectivity index (χ4n) is 2.21. The van der Waals surface area contributed by atoms with Crippen molar-refractivity contribution in [2.75, 3.05) is 18.9 Å². The maximum atomic E-state index is 12.2. The Labute approximate surface area is 119 Å². The predicted octanol–water partition coefficient (Wildman–Crippen LogP) is 0.395. The highest BCUT2D eigenvalue weighted by Crippen LogP contribution is 2.26. The van der Waals surface area contributed by atoms with Crippen molar-refractivity contribution in [3.63, 3.8) is 0 Å². The highest BCUT2D eigenvalue weighted by atomic mass is 32.2. The molecular formula is C13H20N2O4S. The van der Waals surface area contributed by atoms with Crippen molar-refractivity contribution in [2.45, 2.75) is 36.9 Å². The zero-order chi connectivity index (χ0) is 15.0. The van der Waals surface area contributed by atoms with Crippen LogP contribution in [0.1, 0.15) is 18.9 Å². The number of nitrogen functional groups attached to an aromatic ring is 1. The summed E-state index contributed by atoms with van der Waals surface area (Å²) in [6.07, 6.45) is 0.000589. The molecule has 6 nitrogen and oxygen atoms in total. The molecule has 20 heavy (non-hydrogen) atoms. The minimum absolute atomic E-state index is 0.0262. The van der Waals surface area contributed by atoms with Gasteiger partial charge in [-0.2, -0.15) is 0 Å². The Morgan fingerprint density at radius 1 is 1.55 bits per heavy atom. The van der Waals surface area contributed by atoms with E-state index >= 15 is 0 Å². The van der Waals surface area contributed by atoms with Crippen molar-refractivity contribution in [1.29, 1.82) is 0 Å². The largest absolute Gasteiger partial charge is 0.398 e. The van der Waals surface area contributed by atoms with E-state index in [2.05, 4.69) is 4.72 Å². The summed E-state index contributed by atoms with van der Waals surface area (Å²) in [5.74, 6) is 0. The summed E-state index contributed by atoms with van der Waals surface area (Å²) < 4.78 is 32.1. The zero-order valence-corrected chi connectivity index (χ0v) is 12.4. The summed E-state index contributed by atoms with van der Waals surface area (Å²) in [6.45, 7) is 3.89. The Morgan fingerprint density at radius 3 is 2.80 bits per heavy atom. The van der Waals surface area contributed by atoms with Crippen LogP contribution in [0.5, 0.6) is 0 Å². The number of nitrogens with two attached hydrogens (primary N) is 1. The van der Waals surface area contributed by atoms with Gasteiger partial charge in [0, 0.05) is 19.6 Å². The molecule has 0 aromatic heterocycles. The fraction of sp³-hybridized carbons (Fsp3) is 0.538. The molecule has 0 saturated carbocycles. The van der Waals surface area contributed by atoms with Gasteiger partial charge in [0.05, 0.1) is 11.8 Å². The van der Waals surface area contributed by atoms with E-state index in [9.17, 15) is 13.5 Å². The maximum Gasteiger partial charge on any atom is 0.242 e. The van der Waals surface area contributed by atoms with Crippen LogP contribution in [0.4, 0.5) is 5.69 Å². The molecule has 112 valence electrons. The van der Waals surface area contributed by atoms with Gasteiger partial charge in [-0.3, -0.25) is 0 Å². The summed E-state index contributed by atoms with van der Waals surface area (Å²) in [5, 5.41) is 10.3. The lowest BCUT2D eigenvalue weighted by atomic mass is 9.97. The molecule has 2 atom stereocenters. The normalized spacial score (nSPS) is 26.9. The van der Waals surface area contributed by atoms with Gasteiger partial charge in [-0.1, -0.05) is 6.07 Å². The van der Waals surface area contributed by atoms with Crippen LogP contribution in [-0.4, -0.2) is 38.4 Å². The molecule has 2 rings (SSSR count). The molecule has 1 aromatic carbocycles. The standard InChI is InChI=1S/C13H20N2O4S/c1-9-3-4-12(11(14)7-9)20(17,18)15-8-13(16)5-6-19-10(13)2/h3-4,7,10,15-16H,5-6,8,14H2,1-2H3. The van der Waals surface area contributed by atoms with E-state index in [0.717, 1.165) is 5.56 Å². The summed E-state index contributed by atoms with van der Waals surface area (Å²) in [5.41, 5.74) is 5.65. The monoisotopic (exact) mass is 300 g/mol. The second-order valence-corrected chi connectivity index (χ2v) is 6.97. The van der Waals surface area contributed by atoms with Crippen LogP contribution in [0.15, 0.2) is 23.1 Å². The van der Waals surface area contributed by atoms with E-state index in [1.807, 2.05) is 6.92 Å². The zero-order valence-electron chi connectivity index (χ0n) is 11.6. The first-order chi connectivity index (χ1) is 9.24. The van der Waals surface area contributed by atoms with Crippen molar-refractivity contribution in [3.05, 3.63) is 23.8 Å². The minimum Gasteiger partial charge on any atom is -0.398 e. The first-order valence-electron chi connectivity index (χ1n) is 6.44. The summed E-state index contributed by atoms with van der Waals surface area (Å²) >= 11 is 0. The van der Waals surface area contributed by atoms with E-state index in [1.165, 1.54) is 6.07 Å². The number of aliphatic hydroxyl groups is 1. The maximum absolute atomic E-state index is 12.2. The van der Waals surface area contributed by atoms with E-state index in [1.54, 1.807) is 19.1 Å². The van der Waals surface area contributed by atoms with E-state index in [4.69, 9.17) is 10.5 Å². The van der Waals surface area contributed by atoms with Gasteiger partial charge in [0.1, 0.15) is 10.5 Å². The average molecular weight is 300 g/mol. The molecule has 0 amide bonds. The van der Waals surface area contributed by atoms with Crippen LogP contribution >= 0.6 is 0 Å². The van der Waals surface area contributed by atoms with Crippen molar-refractivity contribution in [1.82, 2.24) is 4.72 Å². The minimum atomic E-state index is -3.75. The lowest BCUT2D eigenvalue weighted by Crippen LogP contribution is -2.47. The number of ether oxygens (including phenoxy) is 1. The third kappa shape index (κ3) is 2.95. The molecule has 7 heteroatoms. The Hall–Kier alpha value is -1.15. The highest BCUT2D eigenvalue weighted by molar-refractivity contribution is 7.89. The third-order valence-electron chi connectivity index (χ3n) is 3.68. The van der Waals surface area contributed by atoms with Gasteiger partial charge in [0.25, 0.3) is 0 Å². The van der Waals surface area contributed by atoms with Crippen LogP contribution in [0.3, 0.4) is 0 Å². The van der Waals surface area contributed by atoms with Crippen molar-refractivity contribution in [3.8, 4) is 0 Å². The third-order valence-corrected chi connectivity index (χ3v) is 5.16. The molecule has 2 unspecified atom stereocenters. The molecule has 4 N–H and O–H groups in total. The summed E-state index contributed by atoms with van der Waals surface area (Å²) in [4.78, 5) is 0.0262. The van der Waals surface area contributed by atoms with Gasteiger partial charge < -0.3 is 15.6 Å². The number of aryl methyl sites for hydroxylation is 1. The van der Waals surface area contributed by atoms with Crippen molar-refractivity contribution in [2.24, 2.45) is 0 Å². The van der Waals surface area contributed by atoms with Crippen LogP contribution in [0.2, 0.25) is 0 Å². The lowest BCUT2D eigenvalue weighted by molar-refractivity contribution is -0.0228. The predicted molar refractivity (Wildman–Crippen MR) is 75.8 cm³/mol. The number of hydrogen-bond acceptors (Lipinski definition) is 5. The van der Waals surface area contributed by atoms with Crippen molar-refractivity contribution >= 4 is 15.7 Å². The molecule has 1 heterocycles. The van der Waals surface area contributed by atoms with Gasteiger partial charge in [-0.05, 0) is 31.5 Å².